The van der Waals surface area contributed by atoms with Crippen LogP contribution in [-0.2, 0) is 16.0 Å². The van der Waals surface area contributed by atoms with Gasteiger partial charge in [-0.25, -0.2) is 9.48 Å². The molecule has 1 aliphatic heterocycles. The Morgan fingerprint density at radius 2 is 1.89 bits per heavy atom. The number of nitrogens with zero attached hydrogens (tertiary/aromatic N) is 5. The summed E-state index contributed by atoms with van der Waals surface area (Å²) >= 11 is 0. The Bertz CT molecular complexity index is 954. The molecule has 0 unspecified atom stereocenters. The summed E-state index contributed by atoms with van der Waals surface area (Å²) in [6.45, 7) is 0.343. The number of aromatic nitrogens is 4. The summed E-state index contributed by atoms with van der Waals surface area (Å²) in [4.78, 5) is 26.5. The SMILES string of the molecule is O=C(OCC(=O)N1CCCc2ccccc21)c1ccc(-n2cnnn2)cc1. The van der Waals surface area contributed by atoms with Gasteiger partial charge in [-0.1, -0.05) is 18.2 Å². The number of hydrogen-bond donors (Lipinski definition) is 0. The lowest BCUT2D eigenvalue weighted by molar-refractivity contribution is -0.121. The molecule has 0 fully saturated rings. The number of hydrogen-bond acceptors (Lipinski definition) is 6. The highest BCUT2D eigenvalue weighted by Gasteiger charge is 2.23. The summed E-state index contributed by atoms with van der Waals surface area (Å²) in [7, 11) is 0. The molecule has 0 saturated carbocycles. The molecular formula is C19H17N5O3. The number of amides is 1. The highest BCUT2D eigenvalue weighted by molar-refractivity contribution is 5.98. The predicted octanol–water partition coefficient (Wildman–Crippen LogP) is 1.80. The zero-order valence-corrected chi connectivity index (χ0v) is 14.5. The number of fused-ring (bicyclic) bond motifs is 1. The Morgan fingerprint density at radius 1 is 1.07 bits per heavy atom. The maximum absolute atomic E-state index is 12.5. The summed E-state index contributed by atoms with van der Waals surface area (Å²) in [6, 6.07) is 14.4. The van der Waals surface area contributed by atoms with E-state index in [1.54, 1.807) is 29.2 Å². The van der Waals surface area contributed by atoms with E-state index >= 15 is 0 Å². The fourth-order valence-electron chi connectivity index (χ4n) is 3.11. The molecule has 0 atom stereocenters. The molecule has 136 valence electrons. The van der Waals surface area contributed by atoms with Crippen LogP contribution in [0.1, 0.15) is 22.3 Å². The number of esters is 1. The summed E-state index contributed by atoms with van der Waals surface area (Å²) in [5.41, 5.74) is 3.12. The van der Waals surface area contributed by atoms with E-state index in [0.717, 1.165) is 29.8 Å². The quantitative estimate of drug-likeness (QED) is 0.657. The molecule has 2 heterocycles. The van der Waals surface area contributed by atoms with E-state index in [9.17, 15) is 9.59 Å². The molecule has 0 aliphatic carbocycles. The van der Waals surface area contributed by atoms with Crippen LogP contribution in [-0.4, -0.2) is 45.2 Å². The second-order valence-corrected chi connectivity index (χ2v) is 6.16. The van der Waals surface area contributed by atoms with Crippen molar-refractivity contribution in [1.82, 2.24) is 20.2 Å². The van der Waals surface area contributed by atoms with E-state index in [2.05, 4.69) is 15.5 Å². The number of carbonyl (C=O) groups is 2. The molecule has 2 aromatic carbocycles. The van der Waals surface area contributed by atoms with Crippen molar-refractivity contribution in [2.24, 2.45) is 0 Å². The van der Waals surface area contributed by atoms with Crippen molar-refractivity contribution in [2.75, 3.05) is 18.1 Å². The lowest BCUT2D eigenvalue weighted by Gasteiger charge is -2.29. The molecule has 1 amide bonds. The van der Waals surface area contributed by atoms with Crippen LogP contribution in [0, 0.1) is 0 Å². The number of aryl methyl sites for hydroxylation is 1. The minimum Gasteiger partial charge on any atom is -0.452 e. The Kier molecular flexibility index (Phi) is 4.61. The first kappa shape index (κ1) is 16.9. The van der Waals surface area contributed by atoms with Crippen LogP contribution in [0.15, 0.2) is 54.9 Å². The predicted molar refractivity (Wildman–Crippen MR) is 96.6 cm³/mol. The fraction of sp³-hybridized carbons (Fsp3) is 0.211. The van der Waals surface area contributed by atoms with Gasteiger partial charge in [-0.2, -0.15) is 0 Å². The molecule has 1 aromatic heterocycles. The zero-order chi connectivity index (χ0) is 18.6. The van der Waals surface area contributed by atoms with E-state index in [0.29, 0.717) is 12.1 Å². The van der Waals surface area contributed by atoms with Gasteiger partial charge in [-0.15, -0.1) is 5.10 Å². The molecule has 1 aliphatic rings. The van der Waals surface area contributed by atoms with Crippen LogP contribution >= 0.6 is 0 Å². The zero-order valence-electron chi connectivity index (χ0n) is 14.5. The molecule has 0 radical (unpaired) electrons. The van der Waals surface area contributed by atoms with Crippen LogP contribution in [0.3, 0.4) is 0 Å². The van der Waals surface area contributed by atoms with Gasteiger partial charge in [0.2, 0.25) is 0 Å². The van der Waals surface area contributed by atoms with E-state index in [1.807, 2.05) is 24.3 Å². The number of tetrazole rings is 1. The number of benzene rings is 2. The van der Waals surface area contributed by atoms with Gasteiger partial charge in [0.05, 0.1) is 11.3 Å². The molecule has 8 nitrogen and oxygen atoms in total. The molecule has 0 saturated heterocycles. The van der Waals surface area contributed by atoms with Gasteiger partial charge >= 0.3 is 5.97 Å². The van der Waals surface area contributed by atoms with Crippen molar-refractivity contribution in [3.05, 3.63) is 66.0 Å². The summed E-state index contributed by atoms with van der Waals surface area (Å²) in [6.07, 6.45) is 3.31. The summed E-state index contributed by atoms with van der Waals surface area (Å²) < 4.78 is 6.69. The Labute approximate surface area is 155 Å². The number of ether oxygens (including phenoxy) is 1. The van der Waals surface area contributed by atoms with Gasteiger partial charge in [0.1, 0.15) is 6.33 Å². The van der Waals surface area contributed by atoms with Crippen molar-refractivity contribution in [2.45, 2.75) is 12.8 Å². The maximum Gasteiger partial charge on any atom is 0.338 e. The number of rotatable bonds is 4. The van der Waals surface area contributed by atoms with Gasteiger partial charge < -0.3 is 9.64 Å². The molecule has 8 heteroatoms. The van der Waals surface area contributed by atoms with E-state index < -0.39 is 5.97 Å². The number of para-hydroxylation sites is 1. The first-order valence-corrected chi connectivity index (χ1v) is 8.61. The molecule has 27 heavy (non-hydrogen) atoms. The Morgan fingerprint density at radius 3 is 2.67 bits per heavy atom. The summed E-state index contributed by atoms with van der Waals surface area (Å²) in [5.74, 6) is -0.766. The minimum atomic E-state index is -0.545. The monoisotopic (exact) mass is 363 g/mol. The molecule has 0 bridgehead atoms. The average Bonchev–Trinajstić information content (AvgIpc) is 3.26. The van der Waals surface area contributed by atoms with Gasteiger partial charge in [0.25, 0.3) is 5.91 Å². The highest BCUT2D eigenvalue weighted by atomic mass is 16.5. The average molecular weight is 363 g/mol. The number of anilines is 1. The smallest absolute Gasteiger partial charge is 0.338 e. The molecule has 0 N–H and O–H groups in total. The van der Waals surface area contributed by atoms with Crippen molar-refractivity contribution in [1.29, 1.82) is 0 Å². The van der Waals surface area contributed by atoms with E-state index in [-0.39, 0.29) is 12.5 Å². The second kappa shape index (κ2) is 7.36. The third-order valence-electron chi connectivity index (χ3n) is 4.45. The van der Waals surface area contributed by atoms with Crippen molar-refractivity contribution < 1.29 is 14.3 Å². The Balaban J connectivity index is 1.39. The fourth-order valence-corrected chi connectivity index (χ4v) is 3.11. The summed E-state index contributed by atoms with van der Waals surface area (Å²) in [5, 5.41) is 10.9. The van der Waals surface area contributed by atoms with Crippen LogP contribution in [0.2, 0.25) is 0 Å². The lowest BCUT2D eigenvalue weighted by atomic mass is 10.0. The van der Waals surface area contributed by atoms with Crippen LogP contribution in [0.25, 0.3) is 5.69 Å². The van der Waals surface area contributed by atoms with E-state index in [4.69, 9.17) is 4.74 Å². The second-order valence-electron chi connectivity index (χ2n) is 6.16. The minimum absolute atomic E-state index is 0.221. The first-order valence-electron chi connectivity index (χ1n) is 8.61. The molecular weight excluding hydrogens is 346 g/mol. The highest BCUT2D eigenvalue weighted by Crippen LogP contribution is 2.26. The first-order chi connectivity index (χ1) is 13.2. The number of carbonyl (C=O) groups excluding carboxylic acids is 2. The normalized spacial score (nSPS) is 13.1. The standard InChI is InChI=1S/C19H17N5O3/c25-18(23-11-3-5-14-4-1-2-6-17(14)23)12-27-19(26)15-7-9-16(10-8-15)24-13-20-21-22-24/h1-2,4,6-10,13H,3,5,11-12H2. The van der Waals surface area contributed by atoms with Crippen molar-refractivity contribution in [3.8, 4) is 5.69 Å². The largest absolute Gasteiger partial charge is 0.452 e. The van der Waals surface area contributed by atoms with Gasteiger partial charge in [-0.05, 0) is 59.2 Å². The third-order valence-corrected chi connectivity index (χ3v) is 4.45. The van der Waals surface area contributed by atoms with Crippen LogP contribution in [0.5, 0.6) is 0 Å². The Hall–Kier alpha value is -3.55. The van der Waals surface area contributed by atoms with Gasteiger partial charge in [0.15, 0.2) is 6.61 Å². The van der Waals surface area contributed by atoms with Crippen molar-refractivity contribution in [3.63, 3.8) is 0 Å². The third kappa shape index (κ3) is 3.55. The topological polar surface area (TPSA) is 90.2 Å². The molecule has 4 rings (SSSR count). The van der Waals surface area contributed by atoms with Crippen LogP contribution < -0.4 is 4.90 Å². The lowest BCUT2D eigenvalue weighted by Crippen LogP contribution is -2.38. The molecule has 3 aromatic rings. The van der Waals surface area contributed by atoms with Gasteiger partial charge in [0, 0.05) is 12.2 Å². The van der Waals surface area contributed by atoms with E-state index in [1.165, 1.54) is 11.0 Å². The molecule has 0 spiro atoms. The van der Waals surface area contributed by atoms with Crippen LogP contribution in [0.4, 0.5) is 5.69 Å². The van der Waals surface area contributed by atoms with Gasteiger partial charge in [-0.3, -0.25) is 4.79 Å². The van der Waals surface area contributed by atoms with Crippen molar-refractivity contribution >= 4 is 17.6 Å². The maximum atomic E-state index is 12.5.